The molecule has 0 unspecified atom stereocenters. The summed E-state index contributed by atoms with van der Waals surface area (Å²) in [6.07, 6.45) is 2.73. The summed E-state index contributed by atoms with van der Waals surface area (Å²) in [5.41, 5.74) is 2.98. The molecule has 0 saturated heterocycles. The first-order valence-electron chi connectivity index (χ1n) is 10.6. The number of aryl methyl sites for hydroxylation is 1. The summed E-state index contributed by atoms with van der Waals surface area (Å²) in [4.78, 5) is 31.2. The molecule has 0 atom stereocenters. The fourth-order valence-electron chi connectivity index (χ4n) is 3.54. The second-order valence-electron chi connectivity index (χ2n) is 7.59. The van der Waals surface area contributed by atoms with E-state index >= 15 is 0 Å². The molecule has 2 amide bonds. The number of carbonyl (C=O) groups excluding carboxylic acids is 2. The Morgan fingerprint density at radius 1 is 1.03 bits per heavy atom. The van der Waals surface area contributed by atoms with Crippen molar-refractivity contribution in [2.24, 2.45) is 4.99 Å². The maximum Gasteiger partial charge on any atom is 0.282 e. The summed E-state index contributed by atoms with van der Waals surface area (Å²) in [6, 6.07) is 20.9. The van der Waals surface area contributed by atoms with Gasteiger partial charge < -0.3 is 9.73 Å². The van der Waals surface area contributed by atoms with Crippen molar-refractivity contribution in [3.63, 3.8) is 0 Å². The van der Waals surface area contributed by atoms with Crippen molar-refractivity contribution in [3.05, 3.63) is 95.1 Å². The van der Waals surface area contributed by atoms with Gasteiger partial charge in [-0.2, -0.15) is 0 Å². The highest BCUT2D eigenvalue weighted by molar-refractivity contribution is 6.28. The Morgan fingerprint density at radius 3 is 2.47 bits per heavy atom. The molecule has 2 heterocycles. The van der Waals surface area contributed by atoms with E-state index in [-0.39, 0.29) is 18.2 Å². The highest BCUT2D eigenvalue weighted by atomic mass is 16.3. The Balaban J connectivity index is 1.39. The van der Waals surface area contributed by atoms with E-state index in [0.29, 0.717) is 29.5 Å². The van der Waals surface area contributed by atoms with Gasteiger partial charge in [0.25, 0.3) is 5.91 Å². The molecule has 6 heteroatoms. The first-order valence-corrected chi connectivity index (χ1v) is 10.6. The normalized spacial score (nSPS) is 14.7. The van der Waals surface area contributed by atoms with Gasteiger partial charge in [-0.15, -0.1) is 0 Å². The third kappa shape index (κ3) is 4.86. The van der Waals surface area contributed by atoms with Crippen molar-refractivity contribution >= 4 is 29.4 Å². The van der Waals surface area contributed by atoms with Gasteiger partial charge in [-0.1, -0.05) is 49.4 Å². The standard InChI is InChI=1S/C26H25N3O3/c1-3-22-13-14-23(32-22)16-24-26(31)29(18(2)28-24)21-11-9-19(10-12-21)15-25(30)27-17-20-7-5-4-6-8-20/h4-14,16H,3,15,17H2,1-2H3,(H,27,30)/b24-16-. The second kappa shape index (κ2) is 9.47. The summed E-state index contributed by atoms with van der Waals surface area (Å²) in [6.45, 7) is 4.31. The number of amidine groups is 1. The number of hydrogen-bond donors (Lipinski definition) is 1. The summed E-state index contributed by atoms with van der Waals surface area (Å²) >= 11 is 0. The smallest absolute Gasteiger partial charge is 0.282 e. The molecule has 2 aromatic carbocycles. The molecule has 1 aliphatic rings. The SMILES string of the molecule is CCc1ccc(/C=C2\N=C(C)N(c3ccc(CC(=O)NCc4ccccc4)cc3)C2=O)o1. The Bertz CT molecular complexity index is 1170. The predicted octanol–water partition coefficient (Wildman–Crippen LogP) is 4.51. The number of aliphatic imine (C=N–C) groups is 1. The predicted molar refractivity (Wildman–Crippen MR) is 125 cm³/mol. The van der Waals surface area contributed by atoms with Crippen molar-refractivity contribution in [1.29, 1.82) is 0 Å². The quantitative estimate of drug-likeness (QED) is 0.564. The monoisotopic (exact) mass is 427 g/mol. The van der Waals surface area contributed by atoms with E-state index in [1.807, 2.05) is 73.7 Å². The molecule has 0 bridgehead atoms. The van der Waals surface area contributed by atoms with Gasteiger partial charge in [0.05, 0.1) is 12.1 Å². The average Bonchev–Trinajstić information content (AvgIpc) is 3.37. The zero-order valence-corrected chi connectivity index (χ0v) is 18.2. The zero-order chi connectivity index (χ0) is 22.5. The van der Waals surface area contributed by atoms with Crippen LogP contribution in [0.4, 0.5) is 5.69 Å². The molecule has 1 aromatic heterocycles. The third-order valence-corrected chi connectivity index (χ3v) is 5.23. The second-order valence-corrected chi connectivity index (χ2v) is 7.59. The van der Waals surface area contributed by atoms with E-state index in [2.05, 4.69) is 10.3 Å². The van der Waals surface area contributed by atoms with E-state index < -0.39 is 0 Å². The van der Waals surface area contributed by atoms with Gasteiger partial charge in [-0.3, -0.25) is 14.5 Å². The minimum absolute atomic E-state index is 0.0493. The van der Waals surface area contributed by atoms with E-state index in [4.69, 9.17) is 4.42 Å². The summed E-state index contributed by atoms with van der Waals surface area (Å²) in [5.74, 6) is 1.82. The zero-order valence-electron chi connectivity index (χ0n) is 18.2. The van der Waals surface area contributed by atoms with Crippen molar-refractivity contribution in [1.82, 2.24) is 5.32 Å². The number of hydrogen-bond acceptors (Lipinski definition) is 4. The molecule has 0 aliphatic carbocycles. The number of nitrogens with one attached hydrogen (secondary N) is 1. The molecule has 0 fully saturated rings. The lowest BCUT2D eigenvalue weighted by Crippen LogP contribution is -2.30. The molecular formula is C26H25N3O3. The van der Waals surface area contributed by atoms with Crippen molar-refractivity contribution in [2.45, 2.75) is 33.2 Å². The van der Waals surface area contributed by atoms with Gasteiger partial charge in [0, 0.05) is 19.0 Å². The highest BCUT2D eigenvalue weighted by Crippen LogP contribution is 2.26. The Hall–Kier alpha value is -3.93. The Kier molecular flexibility index (Phi) is 6.31. The van der Waals surface area contributed by atoms with E-state index in [0.717, 1.165) is 23.3 Å². The van der Waals surface area contributed by atoms with Gasteiger partial charge in [0.2, 0.25) is 5.91 Å². The molecule has 32 heavy (non-hydrogen) atoms. The lowest BCUT2D eigenvalue weighted by atomic mass is 10.1. The van der Waals surface area contributed by atoms with Crippen molar-refractivity contribution in [2.75, 3.05) is 4.90 Å². The fourth-order valence-corrected chi connectivity index (χ4v) is 3.54. The topological polar surface area (TPSA) is 74.9 Å². The first kappa shape index (κ1) is 21.3. The molecule has 3 aromatic rings. The number of furan rings is 1. The molecule has 162 valence electrons. The van der Waals surface area contributed by atoms with Crippen LogP contribution >= 0.6 is 0 Å². The number of benzene rings is 2. The van der Waals surface area contributed by atoms with Crippen molar-refractivity contribution in [3.8, 4) is 0 Å². The molecule has 0 saturated carbocycles. The molecule has 0 spiro atoms. The van der Waals surface area contributed by atoms with Gasteiger partial charge >= 0.3 is 0 Å². The van der Waals surface area contributed by atoms with Crippen LogP contribution in [0.25, 0.3) is 6.08 Å². The van der Waals surface area contributed by atoms with E-state index in [1.54, 1.807) is 17.9 Å². The lowest BCUT2D eigenvalue weighted by molar-refractivity contribution is -0.120. The van der Waals surface area contributed by atoms with Crippen LogP contribution in [0.5, 0.6) is 0 Å². The van der Waals surface area contributed by atoms with Crippen LogP contribution in [0, 0.1) is 0 Å². The van der Waals surface area contributed by atoms with Gasteiger partial charge in [-0.25, -0.2) is 4.99 Å². The van der Waals surface area contributed by atoms with Crippen LogP contribution in [0.3, 0.4) is 0 Å². The van der Waals surface area contributed by atoms with Crippen LogP contribution in [-0.4, -0.2) is 17.6 Å². The van der Waals surface area contributed by atoms with Gasteiger partial charge in [0.1, 0.15) is 23.1 Å². The minimum Gasteiger partial charge on any atom is -0.462 e. The molecule has 4 rings (SSSR count). The summed E-state index contributed by atoms with van der Waals surface area (Å²) in [7, 11) is 0. The number of amides is 2. The van der Waals surface area contributed by atoms with Crippen LogP contribution in [-0.2, 0) is 29.0 Å². The van der Waals surface area contributed by atoms with Crippen LogP contribution in [0.15, 0.2) is 81.8 Å². The van der Waals surface area contributed by atoms with E-state index in [9.17, 15) is 9.59 Å². The molecule has 0 radical (unpaired) electrons. The minimum atomic E-state index is -0.203. The summed E-state index contributed by atoms with van der Waals surface area (Å²) < 4.78 is 5.67. The first-order chi connectivity index (χ1) is 15.5. The highest BCUT2D eigenvalue weighted by Gasteiger charge is 2.29. The Morgan fingerprint density at radius 2 is 1.78 bits per heavy atom. The number of nitrogens with zero attached hydrogens (tertiary/aromatic N) is 2. The fraction of sp³-hybridized carbons (Fsp3) is 0.192. The van der Waals surface area contributed by atoms with Gasteiger partial charge in [0.15, 0.2) is 0 Å². The number of anilines is 1. The number of carbonyl (C=O) groups is 2. The molecular weight excluding hydrogens is 402 g/mol. The van der Waals surface area contributed by atoms with Crippen LogP contribution in [0.1, 0.15) is 36.5 Å². The third-order valence-electron chi connectivity index (χ3n) is 5.23. The molecule has 1 N–H and O–H groups in total. The molecule has 6 nitrogen and oxygen atoms in total. The lowest BCUT2D eigenvalue weighted by Gasteiger charge is -2.16. The summed E-state index contributed by atoms with van der Waals surface area (Å²) in [5, 5.41) is 2.93. The maximum atomic E-state index is 12.9. The maximum absolute atomic E-state index is 12.9. The van der Waals surface area contributed by atoms with Crippen LogP contribution < -0.4 is 10.2 Å². The largest absolute Gasteiger partial charge is 0.462 e. The van der Waals surface area contributed by atoms with Gasteiger partial charge in [-0.05, 0) is 42.3 Å². The molecule has 1 aliphatic heterocycles. The van der Waals surface area contributed by atoms with E-state index in [1.165, 1.54) is 0 Å². The van der Waals surface area contributed by atoms with Crippen molar-refractivity contribution < 1.29 is 14.0 Å². The van der Waals surface area contributed by atoms with Crippen LogP contribution in [0.2, 0.25) is 0 Å². The Labute approximate surface area is 187 Å². The average molecular weight is 428 g/mol. The number of rotatable bonds is 7.